The van der Waals surface area contributed by atoms with Crippen LogP contribution in [0.2, 0.25) is 5.02 Å². The molecule has 3 nitrogen and oxygen atoms in total. The molecule has 0 N–H and O–H groups in total. The molecule has 0 aliphatic heterocycles. The fraction of sp³-hybridized carbons (Fsp3) is 0.133. The van der Waals surface area contributed by atoms with E-state index in [1.165, 1.54) is 6.07 Å². The molecule has 19 heavy (non-hydrogen) atoms. The zero-order valence-electron chi connectivity index (χ0n) is 10.6. The number of hydrogen-bond donors (Lipinski definition) is 0. The fourth-order valence-corrected chi connectivity index (χ4v) is 2.05. The van der Waals surface area contributed by atoms with Gasteiger partial charge in [0.15, 0.2) is 0 Å². The Morgan fingerprint density at radius 2 is 2.16 bits per heavy atom. The molecule has 0 bridgehead atoms. The molecule has 0 spiro atoms. The van der Waals surface area contributed by atoms with Crippen LogP contribution in [0.5, 0.6) is 5.75 Å². The monoisotopic (exact) mass is 275 g/mol. The first kappa shape index (κ1) is 13.4. The summed E-state index contributed by atoms with van der Waals surface area (Å²) in [7, 11) is 1.72. The van der Waals surface area contributed by atoms with Gasteiger partial charge in [0.1, 0.15) is 12.4 Å². The number of nitrogens with zero attached hydrogens (tertiary/aromatic N) is 1. The number of rotatable bonds is 4. The van der Waals surface area contributed by atoms with Gasteiger partial charge in [-0.05, 0) is 24.3 Å². The summed E-state index contributed by atoms with van der Waals surface area (Å²) in [6.07, 6.45) is 1.67. The van der Waals surface area contributed by atoms with Crippen LogP contribution in [0.15, 0.2) is 53.8 Å². The van der Waals surface area contributed by atoms with E-state index in [4.69, 9.17) is 16.3 Å². The summed E-state index contributed by atoms with van der Waals surface area (Å²) < 4.78 is 6.97. The minimum Gasteiger partial charge on any atom is -0.490 e. The van der Waals surface area contributed by atoms with Crippen LogP contribution in [0.1, 0.15) is 0 Å². The van der Waals surface area contributed by atoms with E-state index >= 15 is 0 Å². The normalized spacial score (nSPS) is 10.2. The van der Waals surface area contributed by atoms with Gasteiger partial charge in [-0.1, -0.05) is 30.3 Å². The summed E-state index contributed by atoms with van der Waals surface area (Å²) >= 11 is 6.25. The third-order valence-corrected chi connectivity index (χ3v) is 3.08. The average molecular weight is 276 g/mol. The molecule has 1 aromatic carbocycles. The van der Waals surface area contributed by atoms with Crippen molar-refractivity contribution in [2.75, 3.05) is 6.61 Å². The predicted octanol–water partition coefficient (Wildman–Crippen LogP) is 3.27. The molecule has 0 aliphatic rings. The molecule has 1 aromatic heterocycles. The van der Waals surface area contributed by atoms with Crippen LogP contribution in [0.3, 0.4) is 0 Å². The van der Waals surface area contributed by atoms with E-state index in [9.17, 15) is 4.79 Å². The largest absolute Gasteiger partial charge is 0.490 e. The second kappa shape index (κ2) is 5.76. The Morgan fingerprint density at radius 1 is 1.37 bits per heavy atom. The minimum absolute atomic E-state index is 0.0689. The van der Waals surface area contributed by atoms with Gasteiger partial charge in [0.25, 0.3) is 5.56 Å². The van der Waals surface area contributed by atoms with E-state index in [1.54, 1.807) is 29.8 Å². The van der Waals surface area contributed by atoms with Gasteiger partial charge in [0.05, 0.1) is 10.7 Å². The molecule has 2 rings (SSSR count). The number of halogens is 1. The lowest BCUT2D eigenvalue weighted by Gasteiger charge is -2.11. The van der Waals surface area contributed by atoms with Gasteiger partial charge < -0.3 is 9.30 Å². The molecule has 1 heterocycles. The van der Waals surface area contributed by atoms with E-state index in [0.717, 1.165) is 11.3 Å². The SMILES string of the molecule is C=CCOc1ccc(-c2cccc(=O)n2C)c(Cl)c1. The van der Waals surface area contributed by atoms with Crippen molar-refractivity contribution in [2.45, 2.75) is 0 Å². The number of hydrogen-bond acceptors (Lipinski definition) is 2. The predicted molar refractivity (Wildman–Crippen MR) is 77.8 cm³/mol. The molecule has 0 amide bonds. The summed E-state index contributed by atoms with van der Waals surface area (Å²) in [5, 5.41) is 0.544. The molecule has 2 aromatic rings. The van der Waals surface area contributed by atoms with E-state index in [2.05, 4.69) is 6.58 Å². The van der Waals surface area contributed by atoms with Gasteiger partial charge in [-0.15, -0.1) is 0 Å². The molecule has 0 fully saturated rings. The van der Waals surface area contributed by atoms with E-state index in [0.29, 0.717) is 17.4 Å². The van der Waals surface area contributed by atoms with E-state index in [1.807, 2.05) is 18.2 Å². The molecule has 0 unspecified atom stereocenters. The van der Waals surface area contributed by atoms with Crippen molar-refractivity contribution in [1.29, 1.82) is 0 Å². The molecule has 4 heteroatoms. The number of ether oxygens (including phenoxy) is 1. The minimum atomic E-state index is -0.0689. The Hall–Kier alpha value is -2.00. The number of benzene rings is 1. The molecule has 0 aliphatic carbocycles. The molecule has 0 saturated heterocycles. The maximum Gasteiger partial charge on any atom is 0.250 e. The summed E-state index contributed by atoms with van der Waals surface area (Å²) in [6.45, 7) is 4.02. The van der Waals surface area contributed by atoms with Crippen molar-refractivity contribution < 1.29 is 4.74 Å². The summed E-state index contributed by atoms with van der Waals surface area (Å²) in [5.41, 5.74) is 1.50. The fourth-order valence-electron chi connectivity index (χ4n) is 1.78. The highest BCUT2D eigenvalue weighted by Gasteiger charge is 2.08. The summed E-state index contributed by atoms with van der Waals surface area (Å²) in [4.78, 5) is 11.6. The van der Waals surface area contributed by atoms with Crippen LogP contribution in [-0.4, -0.2) is 11.2 Å². The van der Waals surface area contributed by atoms with Crippen molar-refractivity contribution in [2.24, 2.45) is 7.05 Å². The Kier molecular flexibility index (Phi) is 4.07. The molecule has 98 valence electrons. The number of aromatic nitrogens is 1. The first-order valence-electron chi connectivity index (χ1n) is 5.83. The summed E-state index contributed by atoms with van der Waals surface area (Å²) in [6, 6.07) is 10.5. The van der Waals surface area contributed by atoms with Crippen molar-refractivity contribution in [3.63, 3.8) is 0 Å². The average Bonchev–Trinajstić information content (AvgIpc) is 2.40. The quantitative estimate of drug-likeness (QED) is 0.802. The van der Waals surface area contributed by atoms with Crippen molar-refractivity contribution >= 4 is 11.6 Å². The lowest BCUT2D eigenvalue weighted by molar-refractivity contribution is 0.363. The third kappa shape index (κ3) is 2.88. The number of pyridine rings is 1. The highest BCUT2D eigenvalue weighted by molar-refractivity contribution is 6.33. The Balaban J connectivity index is 2.43. The molecular weight excluding hydrogens is 262 g/mol. The van der Waals surface area contributed by atoms with Gasteiger partial charge >= 0.3 is 0 Å². The lowest BCUT2D eigenvalue weighted by Crippen LogP contribution is -2.16. The van der Waals surface area contributed by atoms with Crippen LogP contribution >= 0.6 is 11.6 Å². The van der Waals surface area contributed by atoms with Gasteiger partial charge in [-0.2, -0.15) is 0 Å². The van der Waals surface area contributed by atoms with Crippen LogP contribution in [-0.2, 0) is 7.05 Å². The van der Waals surface area contributed by atoms with Crippen LogP contribution < -0.4 is 10.3 Å². The van der Waals surface area contributed by atoms with Crippen molar-refractivity contribution in [1.82, 2.24) is 4.57 Å². The standard InChI is InChI=1S/C15H14ClNO2/c1-3-9-19-11-7-8-12(13(16)10-11)14-5-4-6-15(18)17(14)2/h3-8,10H,1,9H2,2H3. The Labute approximate surface area is 116 Å². The molecular formula is C15H14ClNO2. The van der Waals surface area contributed by atoms with Gasteiger partial charge in [0, 0.05) is 18.7 Å². The van der Waals surface area contributed by atoms with Crippen LogP contribution in [0, 0.1) is 0 Å². The lowest BCUT2D eigenvalue weighted by atomic mass is 10.1. The van der Waals surface area contributed by atoms with Gasteiger partial charge in [-0.25, -0.2) is 0 Å². The zero-order valence-corrected chi connectivity index (χ0v) is 11.4. The van der Waals surface area contributed by atoms with Crippen molar-refractivity contribution in [3.05, 3.63) is 64.4 Å². The Bertz CT molecular complexity index is 661. The summed E-state index contributed by atoms with van der Waals surface area (Å²) in [5.74, 6) is 0.676. The molecule has 0 saturated carbocycles. The highest BCUT2D eigenvalue weighted by atomic mass is 35.5. The molecule has 0 radical (unpaired) electrons. The van der Waals surface area contributed by atoms with Gasteiger partial charge in [-0.3, -0.25) is 4.79 Å². The maximum absolute atomic E-state index is 11.6. The first-order valence-corrected chi connectivity index (χ1v) is 6.21. The maximum atomic E-state index is 11.6. The van der Waals surface area contributed by atoms with E-state index in [-0.39, 0.29) is 5.56 Å². The highest BCUT2D eigenvalue weighted by Crippen LogP contribution is 2.30. The van der Waals surface area contributed by atoms with Crippen LogP contribution in [0.25, 0.3) is 11.3 Å². The third-order valence-electron chi connectivity index (χ3n) is 2.77. The molecule has 0 atom stereocenters. The topological polar surface area (TPSA) is 31.2 Å². The Morgan fingerprint density at radius 3 is 2.84 bits per heavy atom. The van der Waals surface area contributed by atoms with Crippen LogP contribution in [0.4, 0.5) is 0 Å². The zero-order chi connectivity index (χ0) is 13.8. The second-order valence-electron chi connectivity index (χ2n) is 4.05. The first-order chi connectivity index (χ1) is 9.13. The van der Waals surface area contributed by atoms with Gasteiger partial charge in [0.2, 0.25) is 0 Å². The van der Waals surface area contributed by atoms with E-state index < -0.39 is 0 Å². The van der Waals surface area contributed by atoms with Crippen molar-refractivity contribution in [3.8, 4) is 17.0 Å². The smallest absolute Gasteiger partial charge is 0.250 e. The second-order valence-corrected chi connectivity index (χ2v) is 4.46.